The molecule has 2 aromatic carbocycles. The zero-order chi connectivity index (χ0) is 17.1. The number of hydrogen-bond acceptors (Lipinski definition) is 4. The quantitative estimate of drug-likeness (QED) is 0.769. The van der Waals surface area contributed by atoms with Crippen LogP contribution >= 0.6 is 11.3 Å². The predicted molar refractivity (Wildman–Crippen MR) is 96.2 cm³/mol. The first-order valence-electron chi connectivity index (χ1n) is 7.62. The van der Waals surface area contributed by atoms with Crippen LogP contribution < -0.4 is 0 Å². The van der Waals surface area contributed by atoms with E-state index in [4.69, 9.17) is 0 Å². The summed E-state index contributed by atoms with van der Waals surface area (Å²) in [7, 11) is 1.79. The number of phenols is 1. The molecule has 24 heavy (non-hydrogen) atoms. The molecule has 5 heteroatoms. The van der Waals surface area contributed by atoms with Crippen LogP contribution in [0.5, 0.6) is 5.75 Å². The number of amides is 1. The number of carbonyl (C=O) groups excluding carboxylic acids is 1. The molecule has 0 unspecified atom stereocenters. The number of aromatic hydroxyl groups is 1. The van der Waals surface area contributed by atoms with Crippen molar-refractivity contribution in [3.63, 3.8) is 0 Å². The highest BCUT2D eigenvalue weighted by Gasteiger charge is 2.20. The van der Waals surface area contributed by atoms with Gasteiger partial charge in [0.1, 0.15) is 10.8 Å². The van der Waals surface area contributed by atoms with Crippen molar-refractivity contribution in [2.24, 2.45) is 0 Å². The lowest BCUT2D eigenvalue weighted by Crippen LogP contribution is -2.29. The van der Waals surface area contributed by atoms with Gasteiger partial charge in [0.25, 0.3) is 5.91 Å². The third-order valence-electron chi connectivity index (χ3n) is 4.02. The molecule has 1 amide bonds. The van der Waals surface area contributed by atoms with Gasteiger partial charge in [-0.15, -0.1) is 11.3 Å². The Hall–Kier alpha value is -2.66. The van der Waals surface area contributed by atoms with E-state index in [-0.39, 0.29) is 17.7 Å². The second-order valence-corrected chi connectivity index (χ2v) is 6.52. The van der Waals surface area contributed by atoms with Crippen LogP contribution in [0.4, 0.5) is 0 Å². The van der Waals surface area contributed by atoms with Crippen molar-refractivity contribution in [1.29, 1.82) is 0 Å². The van der Waals surface area contributed by atoms with Crippen molar-refractivity contribution in [2.45, 2.75) is 13.0 Å². The van der Waals surface area contributed by atoms with Crippen molar-refractivity contribution in [2.75, 3.05) is 7.05 Å². The molecular formula is C19H18N2O2S. The Bertz CT molecular complexity index is 829. The molecule has 122 valence electrons. The molecule has 0 saturated carbocycles. The predicted octanol–water partition coefficient (Wildman–Crippen LogP) is 4.35. The summed E-state index contributed by atoms with van der Waals surface area (Å²) in [5.41, 5.74) is 2.53. The summed E-state index contributed by atoms with van der Waals surface area (Å²) in [6, 6.07) is 14.4. The Morgan fingerprint density at radius 1 is 1.17 bits per heavy atom. The number of hydrogen-bond donors (Lipinski definition) is 1. The number of carbonyl (C=O) groups is 1. The fraction of sp³-hybridized carbons (Fsp3) is 0.158. The second-order valence-electron chi connectivity index (χ2n) is 5.59. The Balaban J connectivity index is 1.85. The van der Waals surface area contributed by atoms with E-state index in [9.17, 15) is 9.90 Å². The first-order valence-corrected chi connectivity index (χ1v) is 8.50. The van der Waals surface area contributed by atoms with Crippen LogP contribution in [-0.4, -0.2) is 27.9 Å². The number of thiazole rings is 1. The van der Waals surface area contributed by atoms with Gasteiger partial charge in [-0.1, -0.05) is 24.3 Å². The second kappa shape index (κ2) is 6.84. The highest BCUT2D eigenvalue weighted by atomic mass is 32.1. The number of aromatic nitrogens is 1. The topological polar surface area (TPSA) is 53.4 Å². The van der Waals surface area contributed by atoms with Gasteiger partial charge in [0.15, 0.2) is 0 Å². The lowest BCUT2D eigenvalue weighted by molar-refractivity contribution is 0.0742. The van der Waals surface area contributed by atoms with Crippen LogP contribution in [0.3, 0.4) is 0 Å². The molecule has 1 atom stereocenters. The Labute approximate surface area is 145 Å². The van der Waals surface area contributed by atoms with Gasteiger partial charge in [-0.2, -0.15) is 0 Å². The molecule has 1 heterocycles. The maximum absolute atomic E-state index is 12.8. The highest BCUT2D eigenvalue weighted by Crippen LogP contribution is 2.26. The number of phenolic OH excluding ortho intramolecular Hbond substituents is 1. The normalized spacial score (nSPS) is 11.9. The number of nitrogens with zero attached hydrogens (tertiary/aromatic N) is 2. The first-order chi connectivity index (χ1) is 11.6. The van der Waals surface area contributed by atoms with Gasteiger partial charge in [0.2, 0.25) is 0 Å². The van der Waals surface area contributed by atoms with Crippen molar-refractivity contribution >= 4 is 17.2 Å². The van der Waals surface area contributed by atoms with Crippen molar-refractivity contribution in [1.82, 2.24) is 9.88 Å². The fourth-order valence-corrected chi connectivity index (χ4v) is 3.21. The minimum absolute atomic E-state index is 0.0432. The summed E-state index contributed by atoms with van der Waals surface area (Å²) in [6.07, 6.45) is 1.75. The highest BCUT2D eigenvalue weighted by molar-refractivity contribution is 7.09. The van der Waals surface area contributed by atoms with Gasteiger partial charge in [-0.25, -0.2) is 4.98 Å². The molecule has 0 aliphatic heterocycles. The zero-order valence-corrected chi connectivity index (χ0v) is 14.3. The number of rotatable bonds is 4. The van der Waals surface area contributed by atoms with E-state index in [1.807, 2.05) is 48.7 Å². The molecule has 3 aromatic rings. The molecule has 0 fully saturated rings. The smallest absolute Gasteiger partial charge is 0.254 e. The van der Waals surface area contributed by atoms with Gasteiger partial charge in [0.05, 0.1) is 6.04 Å². The SMILES string of the molecule is C[C@H](c1nccs1)N(C)C(=O)c1cccc(-c2ccc(O)cc2)c1. The van der Waals surface area contributed by atoms with Crippen molar-refractivity contribution in [3.8, 4) is 16.9 Å². The van der Waals surface area contributed by atoms with E-state index in [1.165, 1.54) is 0 Å². The Morgan fingerprint density at radius 3 is 2.58 bits per heavy atom. The minimum Gasteiger partial charge on any atom is -0.508 e. The standard InChI is InChI=1S/C19H18N2O2S/c1-13(18-20-10-11-24-18)21(2)19(23)16-5-3-4-15(12-16)14-6-8-17(22)9-7-14/h3-13,22H,1-2H3/t13-/m1/s1. The van der Waals surface area contributed by atoms with E-state index >= 15 is 0 Å². The average molecular weight is 338 g/mol. The summed E-state index contributed by atoms with van der Waals surface area (Å²) in [5.74, 6) is 0.182. The van der Waals surface area contributed by atoms with Gasteiger partial charge >= 0.3 is 0 Å². The summed E-state index contributed by atoms with van der Waals surface area (Å²) in [6.45, 7) is 1.97. The van der Waals surface area contributed by atoms with Crippen LogP contribution in [0.2, 0.25) is 0 Å². The first kappa shape index (κ1) is 16.2. The van der Waals surface area contributed by atoms with Gasteiger partial charge in [-0.05, 0) is 42.3 Å². The lowest BCUT2D eigenvalue weighted by atomic mass is 10.0. The Kier molecular flexibility index (Phi) is 4.62. The van der Waals surface area contributed by atoms with E-state index in [0.29, 0.717) is 5.56 Å². The summed E-state index contributed by atoms with van der Waals surface area (Å²) < 4.78 is 0. The third-order valence-corrected chi connectivity index (χ3v) is 4.97. The zero-order valence-electron chi connectivity index (χ0n) is 13.5. The summed E-state index contributed by atoms with van der Waals surface area (Å²) >= 11 is 1.54. The molecule has 1 N–H and O–H groups in total. The van der Waals surface area contributed by atoms with Crippen LogP contribution in [0, 0.1) is 0 Å². The molecule has 0 spiro atoms. The molecule has 1 aromatic heterocycles. The van der Waals surface area contributed by atoms with Crippen LogP contribution in [-0.2, 0) is 0 Å². The average Bonchev–Trinajstić information content (AvgIpc) is 3.15. The fourth-order valence-electron chi connectivity index (χ4n) is 2.47. The third kappa shape index (κ3) is 3.31. The van der Waals surface area contributed by atoms with E-state index in [2.05, 4.69) is 4.98 Å². The Morgan fingerprint density at radius 2 is 1.92 bits per heavy atom. The molecule has 3 rings (SSSR count). The lowest BCUT2D eigenvalue weighted by Gasteiger charge is -2.23. The van der Waals surface area contributed by atoms with Crippen LogP contribution in [0.25, 0.3) is 11.1 Å². The summed E-state index contributed by atoms with van der Waals surface area (Å²) in [4.78, 5) is 18.8. The number of benzene rings is 2. The van der Waals surface area contributed by atoms with Crippen LogP contribution in [0.15, 0.2) is 60.1 Å². The maximum atomic E-state index is 12.8. The molecular weight excluding hydrogens is 320 g/mol. The van der Waals surface area contributed by atoms with Crippen molar-refractivity contribution in [3.05, 3.63) is 70.7 Å². The van der Waals surface area contributed by atoms with E-state index in [0.717, 1.165) is 16.1 Å². The van der Waals surface area contributed by atoms with E-state index in [1.54, 1.807) is 41.6 Å². The van der Waals surface area contributed by atoms with Gasteiger partial charge in [0, 0.05) is 24.2 Å². The molecule has 0 aliphatic rings. The monoisotopic (exact) mass is 338 g/mol. The molecule has 0 saturated heterocycles. The van der Waals surface area contributed by atoms with Crippen LogP contribution in [0.1, 0.15) is 28.3 Å². The van der Waals surface area contributed by atoms with Gasteiger partial charge in [-0.3, -0.25) is 4.79 Å². The molecule has 0 radical (unpaired) electrons. The molecule has 4 nitrogen and oxygen atoms in total. The maximum Gasteiger partial charge on any atom is 0.254 e. The molecule has 0 aliphatic carbocycles. The van der Waals surface area contributed by atoms with E-state index < -0.39 is 0 Å². The largest absolute Gasteiger partial charge is 0.508 e. The summed E-state index contributed by atoms with van der Waals surface area (Å²) in [5, 5.41) is 12.2. The minimum atomic E-state index is -0.0742. The molecule has 0 bridgehead atoms. The van der Waals surface area contributed by atoms with Crippen molar-refractivity contribution < 1.29 is 9.90 Å². The van der Waals surface area contributed by atoms with Gasteiger partial charge < -0.3 is 10.0 Å².